The fourth-order valence-corrected chi connectivity index (χ4v) is 57.8. The molecule has 3 saturated carbocycles. The summed E-state index contributed by atoms with van der Waals surface area (Å²) >= 11 is -2.33. The van der Waals surface area contributed by atoms with E-state index in [1.54, 1.807) is 49.4 Å². The molecule has 0 aromatic heterocycles. The van der Waals surface area contributed by atoms with E-state index < -0.39 is 14.2 Å². The first-order chi connectivity index (χ1) is 15.3. The van der Waals surface area contributed by atoms with Gasteiger partial charge in [-0.15, -0.1) is 0 Å². The monoisotopic (exact) mass is 592 g/mol. The zero-order valence-electron chi connectivity index (χ0n) is 20.7. The van der Waals surface area contributed by atoms with Crippen LogP contribution in [-0.2, 0) is 0 Å². The van der Waals surface area contributed by atoms with E-state index in [0.29, 0.717) is 0 Å². The Morgan fingerprint density at radius 3 is 1.23 bits per heavy atom. The third-order valence-corrected chi connectivity index (χ3v) is 47.5. The van der Waals surface area contributed by atoms with E-state index in [1.807, 2.05) is 0 Å². The van der Waals surface area contributed by atoms with Crippen molar-refractivity contribution in [3.63, 3.8) is 0 Å². The minimum absolute atomic E-state index is 1.04. The summed E-state index contributed by atoms with van der Waals surface area (Å²) in [6.07, 6.45) is 33.5. The Bertz CT molecular complexity index is 389. The molecule has 0 amide bonds. The molecule has 182 valence electrons. The summed E-state index contributed by atoms with van der Waals surface area (Å²) in [6.45, 7) is 2.34. The van der Waals surface area contributed by atoms with Gasteiger partial charge in [0.25, 0.3) is 0 Å². The molecule has 0 aromatic rings. The third kappa shape index (κ3) is 11.0. The second-order valence-corrected chi connectivity index (χ2v) is 44.0. The van der Waals surface area contributed by atoms with Gasteiger partial charge in [0, 0.05) is 0 Å². The van der Waals surface area contributed by atoms with Crippen molar-refractivity contribution in [3.05, 3.63) is 0 Å². The number of rotatable bonds is 14. The predicted octanol–water partition coefficient (Wildman–Crippen LogP) is 10.9. The number of hydrogen-bond acceptors (Lipinski definition) is 3. The molecule has 3 fully saturated rings. The van der Waals surface area contributed by atoms with E-state index in [4.69, 9.17) is 0 Å². The van der Waals surface area contributed by atoms with Gasteiger partial charge in [0.1, 0.15) is 0 Å². The summed E-state index contributed by atoms with van der Waals surface area (Å²) in [4.78, 5) is 0. The normalized spacial score (nSPS) is 22.7. The predicted molar refractivity (Wildman–Crippen MR) is 152 cm³/mol. The molecule has 0 N–H and O–H groups in total. The minimum atomic E-state index is -2.33. The van der Waals surface area contributed by atoms with Crippen molar-refractivity contribution in [1.82, 2.24) is 0 Å². The van der Waals surface area contributed by atoms with Crippen LogP contribution in [0.4, 0.5) is 0 Å². The molecular formula is C27H52S3Sn. The molecule has 0 aromatic carbocycles. The van der Waals surface area contributed by atoms with Gasteiger partial charge in [-0.3, -0.25) is 0 Å². The van der Waals surface area contributed by atoms with Crippen LogP contribution in [0, 0.1) is 0 Å². The van der Waals surface area contributed by atoms with Gasteiger partial charge in [-0.25, -0.2) is 0 Å². The van der Waals surface area contributed by atoms with Gasteiger partial charge in [-0.05, 0) is 0 Å². The van der Waals surface area contributed by atoms with E-state index in [1.165, 1.54) is 96.3 Å². The second-order valence-electron chi connectivity index (χ2n) is 10.7. The molecule has 3 aliphatic carbocycles. The molecule has 0 nitrogen and oxygen atoms in total. The summed E-state index contributed by atoms with van der Waals surface area (Å²) < 4.78 is 1.69. The molecule has 0 spiro atoms. The molecule has 0 aliphatic heterocycles. The molecular weight excluding hydrogens is 539 g/mol. The summed E-state index contributed by atoms with van der Waals surface area (Å²) in [6, 6.07) is 0. The van der Waals surface area contributed by atoms with Crippen LogP contribution in [0.1, 0.15) is 148 Å². The average Bonchev–Trinajstić information content (AvgIpc) is 2.80. The fourth-order valence-electron chi connectivity index (χ4n) is 5.87. The van der Waals surface area contributed by atoms with Crippen molar-refractivity contribution in [1.29, 1.82) is 0 Å². The van der Waals surface area contributed by atoms with E-state index >= 15 is 0 Å². The molecule has 0 bridgehead atoms. The van der Waals surface area contributed by atoms with Crippen molar-refractivity contribution in [2.45, 2.75) is 168 Å². The van der Waals surface area contributed by atoms with Crippen molar-refractivity contribution < 1.29 is 0 Å². The van der Waals surface area contributed by atoms with Gasteiger partial charge in [-0.2, -0.15) is 0 Å². The molecule has 0 unspecified atom stereocenters. The van der Waals surface area contributed by atoms with Crippen LogP contribution in [0.25, 0.3) is 0 Å². The number of hydrogen-bond donors (Lipinski definition) is 0. The first-order valence-electron chi connectivity index (χ1n) is 14.3. The Morgan fingerprint density at radius 2 is 0.839 bits per heavy atom. The maximum atomic E-state index is 2.71. The van der Waals surface area contributed by atoms with E-state index in [9.17, 15) is 0 Å². The van der Waals surface area contributed by atoms with Crippen LogP contribution < -0.4 is 0 Å². The Balaban J connectivity index is 1.63. The third-order valence-electron chi connectivity index (χ3n) is 7.78. The molecule has 3 aliphatic rings. The molecule has 0 atom stereocenters. The van der Waals surface area contributed by atoms with Crippen LogP contribution in [0.5, 0.6) is 0 Å². The molecule has 31 heavy (non-hydrogen) atoms. The van der Waals surface area contributed by atoms with Crippen LogP contribution in [0.15, 0.2) is 0 Å². The van der Waals surface area contributed by atoms with E-state index in [0.717, 1.165) is 15.7 Å². The van der Waals surface area contributed by atoms with Crippen LogP contribution >= 0.6 is 26.8 Å². The van der Waals surface area contributed by atoms with Crippen LogP contribution in [0.3, 0.4) is 0 Å². The molecule has 3 rings (SSSR count). The van der Waals surface area contributed by atoms with Crippen LogP contribution in [-0.4, -0.2) is 30.0 Å². The first kappa shape index (κ1) is 27.4. The van der Waals surface area contributed by atoms with E-state index in [2.05, 4.69) is 33.8 Å². The zero-order valence-corrected chi connectivity index (χ0v) is 26.0. The average molecular weight is 592 g/mol. The quantitative estimate of drug-likeness (QED) is 0.146. The Morgan fingerprint density at radius 1 is 0.484 bits per heavy atom. The Labute approximate surface area is 208 Å². The van der Waals surface area contributed by atoms with Crippen molar-refractivity contribution in [2.75, 3.05) is 0 Å². The van der Waals surface area contributed by atoms with Gasteiger partial charge >= 0.3 is 209 Å². The van der Waals surface area contributed by atoms with Crippen LogP contribution in [0.2, 0.25) is 4.44 Å². The van der Waals surface area contributed by atoms with Crippen molar-refractivity contribution >= 4 is 41.1 Å². The zero-order chi connectivity index (χ0) is 21.6. The van der Waals surface area contributed by atoms with Crippen molar-refractivity contribution in [3.8, 4) is 0 Å². The summed E-state index contributed by atoms with van der Waals surface area (Å²) in [5.74, 6) is 0. The van der Waals surface area contributed by atoms with Gasteiger partial charge in [0.15, 0.2) is 0 Å². The molecule has 0 saturated heterocycles. The van der Waals surface area contributed by atoms with Gasteiger partial charge < -0.3 is 0 Å². The first-order valence-corrected chi connectivity index (χ1v) is 29.5. The van der Waals surface area contributed by atoms with E-state index in [-0.39, 0.29) is 0 Å². The molecule has 0 radical (unpaired) electrons. The van der Waals surface area contributed by atoms with Gasteiger partial charge in [-0.1, -0.05) is 0 Å². The van der Waals surface area contributed by atoms with Gasteiger partial charge in [0.05, 0.1) is 0 Å². The summed E-state index contributed by atoms with van der Waals surface area (Å²) in [5.41, 5.74) is 0. The number of unbranched alkanes of at least 4 members (excludes halogenated alkanes) is 6. The summed E-state index contributed by atoms with van der Waals surface area (Å²) in [7, 11) is 8.12. The Kier molecular flexibility index (Phi) is 14.6. The van der Waals surface area contributed by atoms with Crippen molar-refractivity contribution in [2.24, 2.45) is 0 Å². The molecule has 4 heteroatoms. The summed E-state index contributed by atoms with van der Waals surface area (Å²) in [5, 5.41) is 3.13. The SMILES string of the molecule is CCCCCCCC[CH2][Sn]([S]C1CCCCC1)([S]C1CCCCC1)[S]C1CCCCC1. The maximum absolute atomic E-state index is 2.71. The standard InChI is InChI=1S/C9H19.3C6H12S.Sn/c1-3-5-7-9-8-6-4-2;3*7-6-4-2-1-3-5-6;/h1,3-9H2,2H3;3*6-7H,1-5H2;/q;;;;+3/p-3. The molecule has 0 heterocycles. The Hall–Kier alpha value is 1.85. The van der Waals surface area contributed by atoms with Gasteiger partial charge in [0.2, 0.25) is 0 Å². The fraction of sp³-hybridized carbons (Fsp3) is 1.00. The second kappa shape index (κ2) is 16.5. The topological polar surface area (TPSA) is 0 Å².